The molecule has 0 radical (unpaired) electrons. The lowest BCUT2D eigenvalue weighted by atomic mass is 10.2. The van der Waals surface area contributed by atoms with E-state index in [-0.39, 0.29) is 18.6 Å². The predicted octanol–water partition coefficient (Wildman–Crippen LogP) is 1.59. The zero-order chi connectivity index (χ0) is 15.4. The molecule has 7 nitrogen and oxygen atoms in total. The van der Waals surface area contributed by atoms with Crippen molar-refractivity contribution in [1.82, 2.24) is 20.4 Å². The average molecular weight is 320 g/mol. The standard InChI is InChI=1S/C14H16N4O3S/c1-9-17-13(21-18-9)7-16-14(19)10-2-4-15-12(6-10)20-11-3-5-22-8-11/h2,4,6,11H,3,5,7-8H2,1H3,(H,16,19)/t11-/m1/s1. The van der Waals surface area contributed by atoms with Crippen LogP contribution in [0.2, 0.25) is 0 Å². The van der Waals surface area contributed by atoms with Crippen LogP contribution < -0.4 is 10.1 Å². The number of hydrogen-bond acceptors (Lipinski definition) is 7. The van der Waals surface area contributed by atoms with Crippen LogP contribution in [0.3, 0.4) is 0 Å². The van der Waals surface area contributed by atoms with Crippen molar-refractivity contribution in [3.8, 4) is 5.88 Å². The Bertz CT molecular complexity index is 655. The number of amides is 1. The van der Waals surface area contributed by atoms with Gasteiger partial charge in [-0.1, -0.05) is 5.16 Å². The summed E-state index contributed by atoms with van der Waals surface area (Å²) in [7, 11) is 0. The number of carbonyl (C=O) groups excluding carboxylic acids is 1. The Morgan fingerprint density at radius 2 is 2.50 bits per heavy atom. The smallest absolute Gasteiger partial charge is 0.251 e. The molecule has 1 fully saturated rings. The van der Waals surface area contributed by atoms with E-state index in [0.717, 1.165) is 17.9 Å². The van der Waals surface area contributed by atoms with Crippen molar-refractivity contribution in [1.29, 1.82) is 0 Å². The minimum Gasteiger partial charge on any atom is -0.473 e. The van der Waals surface area contributed by atoms with Gasteiger partial charge in [-0.15, -0.1) is 0 Å². The average Bonchev–Trinajstić information content (AvgIpc) is 3.17. The molecule has 0 aromatic carbocycles. The van der Waals surface area contributed by atoms with E-state index in [1.165, 1.54) is 0 Å². The van der Waals surface area contributed by atoms with Gasteiger partial charge >= 0.3 is 0 Å². The summed E-state index contributed by atoms with van der Waals surface area (Å²) in [4.78, 5) is 20.3. The monoisotopic (exact) mass is 320 g/mol. The highest BCUT2D eigenvalue weighted by Crippen LogP contribution is 2.22. The molecule has 116 valence electrons. The molecule has 0 bridgehead atoms. The maximum Gasteiger partial charge on any atom is 0.251 e. The van der Waals surface area contributed by atoms with Gasteiger partial charge < -0.3 is 14.6 Å². The number of rotatable bonds is 5. The van der Waals surface area contributed by atoms with Crippen LogP contribution in [0.4, 0.5) is 0 Å². The van der Waals surface area contributed by atoms with Crippen LogP contribution >= 0.6 is 11.8 Å². The van der Waals surface area contributed by atoms with Crippen LogP contribution in [0.15, 0.2) is 22.9 Å². The Morgan fingerprint density at radius 3 is 3.23 bits per heavy atom. The summed E-state index contributed by atoms with van der Waals surface area (Å²) < 4.78 is 10.7. The Hall–Kier alpha value is -2.09. The number of hydrogen-bond donors (Lipinski definition) is 1. The van der Waals surface area contributed by atoms with E-state index in [0.29, 0.717) is 23.2 Å². The first-order valence-electron chi connectivity index (χ1n) is 6.98. The fourth-order valence-electron chi connectivity index (χ4n) is 2.06. The highest BCUT2D eigenvalue weighted by molar-refractivity contribution is 7.99. The highest BCUT2D eigenvalue weighted by Gasteiger charge is 2.18. The summed E-state index contributed by atoms with van der Waals surface area (Å²) in [6.07, 6.45) is 2.76. The number of carbonyl (C=O) groups is 1. The Morgan fingerprint density at radius 1 is 1.59 bits per heavy atom. The van der Waals surface area contributed by atoms with Gasteiger partial charge in [0, 0.05) is 23.6 Å². The van der Waals surface area contributed by atoms with Crippen LogP contribution in [0.5, 0.6) is 5.88 Å². The number of ether oxygens (including phenoxy) is 1. The van der Waals surface area contributed by atoms with Gasteiger partial charge in [0.1, 0.15) is 6.10 Å². The number of nitrogens with one attached hydrogen (secondary N) is 1. The van der Waals surface area contributed by atoms with E-state index >= 15 is 0 Å². The molecule has 0 aliphatic carbocycles. The number of pyridine rings is 1. The van der Waals surface area contributed by atoms with E-state index in [4.69, 9.17) is 9.26 Å². The summed E-state index contributed by atoms with van der Waals surface area (Å²) in [6.45, 7) is 1.92. The van der Waals surface area contributed by atoms with Crippen LogP contribution in [-0.2, 0) is 6.54 Å². The maximum absolute atomic E-state index is 12.1. The number of thioether (sulfide) groups is 1. The van der Waals surface area contributed by atoms with Crippen molar-refractivity contribution < 1.29 is 14.1 Å². The first-order chi connectivity index (χ1) is 10.7. The molecule has 2 aromatic rings. The normalized spacial score (nSPS) is 17.4. The van der Waals surface area contributed by atoms with Gasteiger partial charge in [0.25, 0.3) is 5.91 Å². The largest absolute Gasteiger partial charge is 0.473 e. The molecule has 3 rings (SSSR count). The predicted molar refractivity (Wildman–Crippen MR) is 80.8 cm³/mol. The molecule has 1 saturated heterocycles. The maximum atomic E-state index is 12.1. The molecule has 8 heteroatoms. The minimum atomic E-state index is -0.232. The first kappa shape index (κ1) is 14.8. The third kappa shape index (κ3) is 3.76. The zero-order valence-electron chi connectivity index (χ0n) is 12.1. The third-order valence-electron chi connectivity index (χ3n) is 3.14. The summed E-state index contributed by atoms with van der Waals surface area (Å²) in [5, 5.41) is 6.40. The van der Waals surface area contributed by atoms with E-state index in [2.05, 4.69) is 20.4 Å². The van der Waals surface area contributed by atoms with E-state index in [9.17, 15) is 4.79 Å². The number of aromatic nitrogens is 3. The number of aryl methyl sites for hydroxylation is 1. The molecule has 22 heavy (non-hydrogen) atoms. The van der Waals surface area contributed by atoms with Crippen molar-refractivity contribution in [2.24, 2.45) is 0 Å². The summed E-state index contributed by atoms with van der Waals surface area (Å²) in [6, 6.07) is 3.29. The van der Waals surface area contributed by atoms with E-state index in [1.54, 1.807) is 25.3 Å². The van der Waals surface area contributed by atoms with Crippen molar-refractivity contribution >= 4 is 17.7 Å². The Kier molecular flexibility index (Phi) is 4.57. The third-order valence-corrected chi connectivity index (χ3v) is 4.27. The second-order valence-electron chi connectivity index (χ2n) is 4.90. The molecular formula is C14H16N4O3S. The van der Waals surface area contributed by atoms with Crippen LogP contribution in [-0.4, -0.2) is 38.6 Å². The fraction of sp³-hybridized carbons (Fsp3) is 0.429. The van der Waals surface area contributed by atoms with Crippen LogP contribution in [0, 0.1) is 6.92 Å². The molecule has 1 amide bonds. The SMILES string of the molecule is Cc1noc(CNC(=O)c2ccnc(O[C@@H]3CCSC3)c2)n1. The van der Waals surface area contributed by atoms with Gasteiger partial charge in [0.15, 0.2) is 5.82 Å². The van der Waals surface area contributed by atoms with Gasteiger partial charge in [-0.2, -0.15) is 16.7 Å². The lowest BCUT2D eigenvalue weighted by Gasteiger charge is -2.11. The lowest BCUT2D eigenvalue weighted by molar-refractivity contribution is 0.0945. The van der Waals surface area contributed by atoms with Crippen molar-refractivity contribution in [2.45, 2.75) is 26.0 Å². The highest BCUT2D eigenvalue weighted by atomic mass is 32.2. The van der Waals surface area contributed by atoms with Gasteiger partial charge in [-0.3, -0.25) is 4.79 Å². The summed E-state index contributed by atoms with van der Waals surface area (Å²) in [5.74, 6) is 3.23. The molecule has 1 atom stereocenters. The topological polar surface area (TPSA) is 90.1 Å². The Balaban J connectivity index is 1.59. The molecule has 0 saturated carbocycles. The van der Waals surface area contributed by atoms with Crippen LogP contribution in [0.1, 0.15) is 28.5 Å². The first-order valence-corrected chi connectivity index (χ1v) is 8.14. The van der Waals surface area contributed by atoms with E-state index in [1.807, 2.05) is 11.8 Å². The van der Waals surface area contributed by atoms with Gasteiger partial charge in [-0.05, 0) is 25.2 Å². The Labute approximate surface area is 131 Å². The number of nitrogens with zero attached hydrogens (tertiary/aromatic N) is 3. The summed E-state index contributed by atoms with van der Waals surface area (Å²) >= 11 is 1.86. The molecule has 1 aliphatic heterocycles. The summed E-state index contributed by atoms with van der Waals surface area (Å²) in [5.41, 5.74) is 0.492. The zero-order valence-corrected chi connectivity index (χ0v) is 12.9. The second kappa shape index (κ2) is 6.78. The quantitative estimate of drug-likeness (QED) is 0.894. The van der Waals surface area contributed by atoms with Gasteiger partial charge in [0.2, 0.25) is 11.8 Å². The van der Waals surface area contributed by atoms with Gasteiger partial charge in [0.05, 0.1) is 6.54 Å². The van der Waals surface area contributed by atoms with Crippen molar-refractivity contribution in [2.75, 3.05) is 11.5 Å². The molecule has 0 spiro atoms. The van der Waals surface area contributed by atoms with Crippen LogP contribution in [0.25, 0.3) is 0 Å². The lowest BCUT2D eigenvalue weighted by Crippen LogP contribution is -2.23. The molecule has 3 heterocycles. The molecule has 1 aliphatic rings. The molecule has 0 unspecified atom stereocenters. The molecule has 1 N–H and O–H groups in total. The molecular weight excluding hydrogens is 304 g/mol. The molecule has 2 aromatic heterocycles. The van der Waals surface area contributed by atoms with Crippen molar-refractivity contribution in [3.63, 3.8) is 0 Å². The fourth-order valence-corrected chi connectivity index (χ4v) is 3.16. The van der Waals surface area contributed by atoms with Crippen molar-refractivity contribution in [3.05, 3.63) is 35.6 Å². The second-order valence-corrected chi connectivity index (χ2v) is 6.05. The minimum absolute atomic E-state index is 0.178. The van der Waals surface area contributed by atoms with E-state index < -0.39 is 0 Å². The van der Waals surface area contributed by atoms with Gasteiger partial charge in [-0.25, -0.2) is 4.98 Å².